The number of nitrogens with zero attached hydrogens (tertiary/aromatic N) is 1. The van der Waals surface area contributed by atoms with Gasteiger partial charge in [0.15, 0.2) is 5.78 Å². The fraction of sp³-hybridized carbons (Fsp3) is 0.923. The standard InChI is InChI=1S/C13H23NO2/c1-11-5-2-3-7-14(11)8-4-6-12-9-16-10-13(12)15/h11-12H,2-10H2,1H3. The molecule has 0 aliphatic carbocycles. The third-order valence-corrected chi connectivity index (χ3v) is 3.96. The smallest absolute Gasteiger partial charge is 0.163 e. The van der Waals surface area contributed by atoms with Gasteiger partial charge in [0.25, 0.3) is 0 Å². The number of piperidine rings is 1. The minimum Gasteiger partial charge on any atom is -0.373 e. The Morgan fingerprint density at radius 1 is 1.44 bits per heavy atom. The van der Waals surface area contributed by atoms with E-state index in [1.807, 2.05) is 0 Å². The van der Waals surface area contributed by atoms with Crippen molar-refractivity contribution >= 4 is 5.78 Å². The van der Waals surface area contributed by atoms with Crippen molar-refractivity contribution in [1.29, 1.82) is 0 Å². The van der Waals surface area contributed by atoms with Crippen LogP contribution in [0.5, 0.6) is 0 Å². The highest BCUT2D eigenvalue weighted by atomic mass is 16.5. The second kappa shape index (κ2) is 5.78. The molecule has 2 atom stereocenters. The zero-order chi connectivity index (χ0) is 11.4. The van der Waals surface area contributed by atoms with Gasteiger partial charge >= 0.3 is 0 Å². The molecular weight excluding hydrogens is 202 g/mol. The molecule has 0 radical (unpaired) electrons. The van der Waals surface area contributed by atoms with Gasteiger partial charge in [0.05, 0.1) is 6.61 Å². The molecule has 2 aliphatic rings. The van der Waals surface area contributed by atoms with Crippen LogP contribution in [0.15, 0.2) is 0 Å². The van der Waals surface area contributed by atoms with Gasteiger partial charge in [0.2, 0.25) is 0 Å². The first-order valence-corrected chi connectivity index (χ1v) is 6.62. The summed E-state index contributed by atoms with van der Waals surface area (Å²) in [7, 11) is 0. The molecule has 0 aromatic carbocycles. The Labute approximate surface area is 98.1 Å². The molecular formula is C13H23NO2. The van der Waals surface area contributed by atoms with E-state index in [9.17, 15) is 4.79 Å². The lowest BCUT2D eigenvalue weighted by molar-refractivity contribution is -0.120. The van der Waals surface area contributed by atoms with Crippen LogP contribution >= 0.6 is 0 Å². The highest BCUT2D eigenvalue weighted by molar-refractivity contribution is 5.83. The van der Waals surface area contributed by atoms with Crippen LogP contribution in [0.25, 0.3) is 0 Å². The van der Waals surface area contributed by atoms with Gasteiger partial charge in [-0.3, -0.25) is 4.79 Å². The Kier molecular flexibility index (Phi) is 4.36. The summed E-state index contributed by atoms with van der Waals surface area (Å²) >= 11 is 0. The number of likely N-dealkylation sites (tertiary alicyclic amines) is 1. The van der Waals surface area contributed by atoms with E-state index in [2.05, 4.69) is 11.8 Å². The van der Waals surface area contributed by atoms with Gasteiger partial charge in [-0.25, -0.2) is 0 Å². The van der Waals surface area contributed by atoms with Crippen LogP contribution < -0.4 is 0 Å². The van der Waals surface area contributed by atoms with Crippen LogP contribution in [-0.2, 0) is 9.53 Å². The summed E-state index contributed by atoms with van der Waals surface area (Å²) in [6.45, 7) is 5.74. The Balaban J connectivity index is 1.65. The van der Waals surface area contributed by atoms with Gasteiger partial charge in [-0.05, 0) is 45.7 Å². The van der Waals surface area contributed by atoms with Crippen molar-refractivity contribution in [1.82, 2.24) is 4.90 Å². The highest BCUT2D eigenvalue weighted by Gasteiger charge is 2.25. The molecule has 0 aromatic heterocycles. The van der Waals surface area contributed by atoms with Crippen molar-refractivity contribution in [2.75, 3.05) is 26.3 Å². The van der Waals surface area contributed by atoms with E-state index in [4.69, 9.17) is 4.74 Å². The number of carbonyl (C=O) groups is 1. The molecule has 0 bridgehead atoms. The van der Waals surface area contributed by atoms with Crippen LogP contribution in [-0.4, -0.2) is 43.0 Å². The Morgan fingerprint density at radius 2 is 2.31 bits per heavy atom. The van der Waals surface area contributed by atoms with Crippen LogP contribution in [0, 0.1) is 5.92 Å². The second-order valence-electron chi connectivity index (χ2n) is 5.20. The molecule has 0 saturated carbocycles. The zero-order valence-electron chi connectivity index (χ0n) is 10.3. The molecule has 2 aliphatic heterocycles. The second-order valence-corrected chi connectivity index (χ2v) is 5.20. The van der Waals surface area contributed by atoms with E-state index >= 15 is 0 Å². The molecule has 2 fully saturated rings. The van der Waals surface area contributed by atoms with Gasteiger partial charge in [-0.1, -0.05) is 6.42 Å². The fourth-order valence-corrected chi connectivity index (χ4v) is 2.79. The number of carbonyl (C=O) groups excluding carboxylic acids is 1. The number of Topliss-reactive ketones (excluding diaryl/α,β-unsaturated/α-hetero) is 1. The molecule has 0 spiro atoms. The van der Waals surface area contributed by atoms with E-state index in [1.165, 1.54) is 25.8 Å². The first-order valence-electron chi connectivity index (χ1n) is 6.62. The maximum Gasteiger partial charge on any atom is 0.163 e. The molecule has 92 valence electrons. The normalized spacial score (nSPS) is 32.2. The molecule has 0 aromatic rings. The number of ketones is 1. The maximum atomic E-state index is 11.4. The maximum absolute atomic E-state index is 11.4. The first-order chi connectivity index (χ1) is 7.77. The molecule has 3 heteroatoms. The van der Waals surface area contributed by atoms with Crippen LogP contribution in [0.1, 0.15) is 39.0 Å². The lowest BCUT2D eigenvalue weighted by Crippen LogP contribution is -2.38. The average molecular weight is 225 g/mol. The lowest BCUT2D eigenvalue weighted by atomic mass is 9.99. The fourth-order valence-electron chi connectivity index (χ4n) is 2.79. The summed E-state index contributed by atoms with van der Waals surface area (Å²) in [6, 6.07) is 0.740. The summed E-state index contributed by atoms with van der Waals surface area (Å²) in [5.41, 5.74) is 0. The van der Waals surface area contributed by atoms with Crippen molar-refractivity contribution in [3.05, 3.63) is 0 Å². The van der Waals surface area contributed by atoms with Crippen molar-refractivity contribution in [3.8, 4) is 0 Å². The van der Waals surface area contributed by atoms with Gasteiger partial charge in [-0.15, -0.1) is 0 Å². The number of ether oxygens (including phenoxy) is 1. The van der Waals surface area contributed by atoms with Crippen molar-refractivity contribution in [3.63, 3.8) is 0 Å². The van der Waals surface area contributed by atoms with Gasteiger partial charge in [0.1, 0.15) is 6.61 Å². The van der Waals surface area contributed by atoms with Crippen molar-refractivity contribution in [2.24, 2.45) is 5.92 Å². The molecule has 2 unspecified atom stereocenters. The molecule has 2 saturated heterocycles. The SMILES string of the molecule is CC1CCCCN1CCCC1COCC1=O. The third kappa shape index (κ3) is 3.05. The number of hydrogen-bond acceptors (Lipinski definition) is 3. The summed E-state index contributed by atoms with van der Waals surface area (Å²) < 4.78 is 5.17. The van der Waals surface area contributed by atoms with E-state index in [1.54, 1.807) is 0 Å². The minimum absolute atomic E-state index is 0.195. The topological polar surface area (TPSA) is 29.5 Å². The Hall–Kier alpha value is -0.410. The molecule has 0 N–H and O–H groups in total. The molecule has 0 amide bonds. The number of rotatable bonds is 4. The van der Waals surface area contributed by atoms with E-state index < -0.39 is 0 Å². The average Bonchev–Trinajstić information content (AvgIpc) is 2.67. The largest absolute Gasteiger partial charge is 0.373 e. The van der Waals surface area contributed by atoms with Crippen LogP contribution in [0.3, 0.4) is 0 Å². The predicted octanol–water partition coefficient (Wildman–Crippen LogP) is 1.86. The van der Waals surface area contributed by atoms with E-state index in [-0.39, 0.29) is 5.92 Å². The first kappa shape index (κ1) is 12.1. The summed E-state index contributed by atoms with van der Waals surface area (Å²) in [5, 5.41) is 0. The third-order valence-electron chi connectivity index (χ3n) is 3.96. The number of hydrogen-bond donors (Lipinski definition) is 0. The molecule has 2 rings (SSSR count). The Morgan fingerprint density at radius 3 is 3.00 bits per heavy atom. The van der Waals surface area contributed by atoms with Crippen molar-refractivity contribution in [2.45, 2.75) is 45.1 Å². The molecule has 16 heavy (non-hydrogen) atoms. The van der Waals surface area contributed by atoms with Gasteiger partial charge < -0.3 is 9.64 Å². The molecule has 3 nitrogen and oxygen atoms in total. The van der Waals surface area contributed by atoms with E-state index in [0.29, 0.717) is 19.0 Å². The lowest BCUT2D eigenvalue weighted by Gasteiger charge is -2.33. The van der Waals surface area contributed by atoms with Crippen LogP contribution in [0.2, 0.25) is 0 Å². The van der Waals surface area contributed by atoms with Crippen LogP contribution in [0.4, 0.5) is 0 Å². The summed E-state index contributed by atoms with van der Waals surface area (Å²) in [6.07, 6.45) is 6.22. The highest BCUT2D eigenvalue weighted by Crippen LogP contribution is 2.19. The zero-order valence-corrected chi connectivity index (χ0v) is 10.3. The Bertz CT molecular complexity index is 242. The van der Waals surface area contributed by atoms with E-state index in [0.717, 1.165) is 25.4 Å². The van der Waals surface area contributed by atoms with Crippen molar-refractivity contribution < 1.29 is 9.53 Å². The quantitative estimate of drug-likeness (QED) is 0.731. The van der Waals surface area contributed by atoms with Gasteiger partial charge in [0, 0.05) is 12.0 Å². The summed E-state index contributed by atoms with van der Waals surface area (Å²) in [5.74, 6) is 0.506. The molecule has 2 heterocycles. The minimum atomic E-state index is 0.195. The van der Waals surface area contributed by atoms with Gasteiger partial charge in [-0.2, -0.15) is 0 Å². The summed E-state index contributed by atoms with van der Waals surface area (Å²) in [4.78, 5) is 14.0. The monoisotopic (exact) mass is 225 g/mol. The predicted molar refractivity (Wildman–Crippen MR) is 63.4 cm³/mol.